The van der Waals surface area contributed by atoms with Crippen LogP contribution in [0.15, 0.2) is 0 Å². The smallest absolute Gasteiger partial charge is 0.187 e. The highest BCUT2D eigenvalue weighted by Gasteiger charge is 2.50. The predicted octanol–water partition coefficient (Wildman–Crippen LogP) is -4.74. The molecule has 11 heteroatoms. The highest BCUT2D eigenvalue weighted by Crippen LogP contribution is 2.29. The molecule has 0 unspecified atom stereocenters. The van der Waals surface area contributed by atoms with Gasteiger partial charge in [-0.15, -0.1) is 0 Å². The normalized spacial score (nSPS) is 50.0. The van der Waals surface area contributed by atoms with Crippen molar-refractivity contribution in [2.75, 3.05) is 20.3 Å². The molecule has 24 heavy (non-hydrogen) atoms. The van der Waals surface area contributed by atoms with Crippen LogP contribution in [-0.4, -0.2) is 117 Å². The quantitative estimate of drug-likeness (QED) is 0.251. The first kappa shape index (κ1) is 19.9. The highest BCUT2D eigenvalue weighted by atomic mass is 16.7. The summed E-state index contributed by atoms with van der Waals surface area (Å²) in [6.45, 7) is -1.23. The van der Waals surface area contributed by atoms with Gasteiger partial charge in [0, 0.05) is 7.11 Å². The van der Waals surface area contributed by atoms with Crippen molar-refractivity contribution in [3.63, 3.8) is 0 Å². The van der Waals surface area contributed by atoms with Gasteiger partial charge in [0.15, 0.2) is 12.6 Å². The van der Waals surface area contributed by atoms with Crippen molar-refractivity contribution in [1.29, 1.82) is 0 Å². The first-order chi connectivity index (χ1) is 11.3. The Morgan fingerprint density at radius 2 is 1.25 bits per heavy atom. The van der Waals surface area contributed by atoms with E-state index in [1.54, 1.807) is 0 Å². The van der Waals surface area contributed by atoms with Crippen molar-refractivity contribution in [1.82, 2.24) is 0 Å². The van der Waals surface area contributed by atoms with Crippen LogP contribution < -0.4 is 0 Å². The maximum absolute atomic E-state index is 10.2. The van der Waals surface area contributed by atoms with E-state index < -0.39 is 74.6 Å². The molecule has 7 N–H and O–H groups in total. The SMILES string of the molecule is CO[C@@H]1O[C@H](CO)[C@@H](O)[C@H](O[C@H]2O[C@H](CO)[C@@H](O)[C@H](O)[C@@H]2O)[C@H]1O. The number of rotatable bonds is 5. The van der Waals surface area contributed by atoms with Crippen LogP contribution in [0.5, 0.6) is 0 Å². The first-order valence-electron chi connectivity index (χ1n) is 7.46. The minimum atomic E-state index is -1.70. The largest absolute Gasteiger partial charge is 0.394 e. The van der Waals surface area contributed by atoms with Gasteiger partial charge < -0.3 is 54.7 Å². The third kappa shape index (κ3) is 3.71. The number of hydrogen-bond donors (Lipinski definition) is 7. The monoisotopic (exact) mass is 356 g/mol. The van der Waals surface area contributed by atoms with E-state index in [0.29, 0.717) is 0 Å². The highest BCUT2D eigenvalue weighted by molar-refractivity contribution is 4.93. The van der Waals surface area contributed by atoms with E-state index >= 15 is 0 Å². The molecule has 2 saturated heterocycles. The molecule has 0 aliphatic carbocycles. The predicted molar refractivity (Wildman–Crippen MR) is 73.4 cm³/mol. The summed E-state index contributed by atoms with van der Waals surface area (Å²) in [5, 5.41) is 68.1. The van der Waals surface area contributed by atoms with Crippen LogP contribution >= 0.6 is 0 Å². The van der Waals surface area contributed by atoms with E-state index in [4.69, 9.17) is 24.1 Å². The van der Waals surface area contributed by atoms with Gasteiger partial charge in [0.1, 0.15) is 48.8 Å². The fourth-order valence-corrected chi connectivity index (χ4v) is 2.74. The Morgan fingerprint density at radius 3 is 1.79 bits per heavy atom. The van der Waals surface area contributed by atoms with Crippen molar-refractivity contribution >= 4 is 0 Å². The lowest BCUT2D eigenvalue weighted by atomic mass is 9.97. The summed E-state index contributed by atoms with van der Waals surface area (Å²) in [7, 11) is 1.24. The lowest BCUT2D eigenvalue weighted by Crippen LogP contribution is -2.64. The summed E-state index contributed by atoms with van der Waals surface area (Å²) in [5.41, 5.74) is 0. The van der Waals surface area contributed by atoms with Gasteiger partial charge in [0.2, 0.25) is 0 Å². The molecule has 2 aliphatic rings. The third-order valence-electron chi connectivity index (χ3n) is 4.19. The van der Waals surface area contributed by atoms with Gasteiger partial charge in [-0.3, -0.25) is 0 Å². The minimum Gasteiger partial charge on any atom is -0.394 e. The molecule has 0 saturated carbocycles. The molecule has 10 atom stereocenters. The number of aliphatic hydroxyl groups is 7. The summed E-state index contributed by atoms with van der Waals surface area (Å²) in [6.07, 6.45) is -14.4. The third-order valence-corrected chi connectivity index (χ3v) is 4.19. The first-order valence-corrected chi connectivity index (χ1v) is 7.46. The maximum atomic E-state index is 10.2. The standard InChI is InChI=1S/C13H24O11/c1-21-12-10(20)11(7(17)5(3-15)22-12)24-13-9(19)8(18)6(16)4(2-14)23-13/h4-20H,2-3H2,1H3/t4-,5-,6-,7-,8+,9+,10-,11+,12-,13-/m1/s1. The Morgan fingerprint density at radius 1 is 0.708 bits per heavy atom. The van der Waals surface area contributed by atoms with Gasteiger partial charge in [-0.1, -0.05) is 0 Å². The fraction of sp³-hybridized carbons (Fsp3) is 1.00. The van der Waals surface area contributed by atoms with Crippen molar-refractivity contribution in [2.24, 2.45) is 0 Å². The van der Waals surface area contributed by atoms with Crippen LogP contribution in [0.4, 0.5) is 0 Å². The summed E-state index contributed by atoms with van der Waals surface area (Å²) in [5.74, 6) is 0. The number of methoxy groups -OCH3 is 1. The molecular formula is C13H24O11. The molecule has 0 aromatic heterocycles. The molecule has 0 radical (unpaired) electrons. The molecule has 0 spiro atoms. The van der Waals surface area contributed by atoms with E-state index in [9.17, 15) is 30.6 Å². The Balaban J connectivity index is 2.14. The molecule has 0 bridgehead atoms. The molecule has 2 fully saturated rings. The van der Waals surface area contributed by atoms with E-state index in [-0.39, 0.29) is 0 Å². The van der Waals surface area contributed by atoms with Crippen LogP contribution in [0, 0.1) is 0 Å². The van der Waals surface area contributed by atoms with Crippen LogP contribution in [0.2, 0.25) is 0 Å². The average molecular weight is 356 g/mol. The van der Waals surface area contributed by atoms with Gasteiger partial charge in [-0.25, -0.2) is 0 Å². The topological polar surface area (TPSA) is 179 Å². The Labute approximate surface area is 137 Å². The van der Waals surface area contributed by atoms with Crippen molar-refractivity contribution < 1.29 is 54.7 Å². The Kier molecular flexibility index (Phi) is 6.87. The number of hydrogen-bond acceptors (Lipinski definition) is 11. The van der Waals surface area contributed by atoms with Gasteiger partial charge >= 0.3 is 0 Å². The van der Waals surface area contributed by atoms with E-state index in [2.05, 4.69) is 0 Å². The van der Waals surface area contributed by atoms with Gasteiger partial charge in [0.25, 0.3) is 0 Å². The second kappa shape index (κ2) is 8.29. The van der Waals surface area contributed by atoms with E-state index in [0.717, 1.165) is 0 Å². The van der Waals surface area contributed by atoms with E-state index in [1.165, 1.54) is 7.11 Å². The molecule has 11 nitrogen and oxygen atoms in total. The second-order valence-corrected chi connectivity index (χ2v) is 5.74. The summed E-state index contributed by atoms with van der Waals surface area (Å²) < 4.78 is 20.6. The van der Waals surface area contributed by atoms with Gasteiger partial charge in [-0.2, -0.15) is 0 Å². The van der Waals surface area contributed by atoms with Gasteiger partial charge in [0.05, 0.1) is 13.2 Å². The zero-order valence-corrected chi connectivity index (χ0v) is 13.0. The molecule has 0 aromatic rings. The van der Waals surface area contributed by atoms with Crippen molar-refractivity contribution in [3.8, 4) is 0 Å². The molecule has 0 amide bonds. The second-order valence-electron chi connectivity index (χ2n) is 5.74. The van der Waals surface area contributed by atoms with Crippen molar-refractivity contribution in [2.45, 2.75) is 61.4 Å². The lowest BCUT2D eigenvalue weighted by Gasteiger charge is -2.45. The minimum absolute atomic E-state index is 0.581. The molecule has 2 rings (SSSR count). The summed E-state index contributed by atoms with van der Waals surface area (Å²) in [4.78, 5) is 0. The van der Waals surface area contributed by atoms with Crippen molar-refractivity contribution in [3.05, 3.63) is 0 Å². The molecular weight excluding hydrogens is 332 g/mol. The van der Waals surface area contributed by atoms with Crippen LogP contribution in [0.3, 0.4) is 0 Å². The van der Waals surface area contributed by atoms with Crippen LogP contribution in [0.25, 0.3) is 0 Å². The lowest BCUT2D eigenvalue weighted by molar-refractivity contribution is -0.358. The summed E-state index contributed by atoms with van der Waals surface area (Å²) >= 11 is 0. The zero-order valence-electron chi connectivity index (χ0n) is 13.0. The van der Waals surface area contributed by atoms with Crippen LogP contribution in [0.1, 0.15) is 0 Å². The zero-order chi connectivity index (χ0) is 18.0. The van der Waals surface area contributed by atoms with E-state index in [1.807, 2.05) is 0 Å². The van der Waals surface area contributed by atoms with Gasteiger partial charge in [-0.05, 0) is 0 Å². The molecule has 0 aromatic carbocycles. The van der Waals surface area contributed by atoms with Crippen LogP contribution in [-0.2, 0) is 18.9 Å². The molecule has 142 valence electrons. The Hall–Kier alpha value is -0.440. The molecule has 2 heterocycles. The number of ether oxygens (including phenoxy) is 4. The summed E-state index contributed by atoms with van der Waals surface area (Å²) in [6, 6.07) is 0. The maximum Gasteiger partial charge on any atom is 0.187 e. The fourth-order valence-electron chi connectivity index (χ4n) is 2.74. The average Bonchev–Trinajstić information content (AvgIpc) is 2.58. The Bertz CT molecular complexity index is 378. The number of aliphatic hydroxyl groups excluding tert-OH is 7. The molecule has 2 aliphatic heterocycles.